The summed E-state index contributed by atoms with van der Waals surface area (Å²) in [5.41, 5.74) is 1.81. The van der Waals surface area contributed by atoms with Crippen molar-refractivity contribution in [2.24, 2.45) is 0 Å². The largest absolute Gasteiger partial charge is 0.495 e. The van der Waals surface area contributed by atoms with E-state index in [1.807, 2.05) is 6.07 Å². The number of nitrogens with zero attached hydrogens (tertiary/aromatic N) is 1. The number of fused-ring (bicyclic) bond motifs is 2. The SMILES string of the molecule is COc1ccccc1S(=O)(=O)Nc1cc(OC2CCCN(C)CC2)c2c(c1)C1(CCC1)C(=O)C2. The van der Waals surface area contributed by atoms with Gasteiger partial charge in [-0.3, -0.25) is 9.52 Å². The Kier molecular flexibility index (Phi) is 6.06. The summed E-state index contributed by atoms with van der Waals surface area (Å²) in [6.07, 6.45) is 5.93. The van der Waals surface area contributed by atoms with Gasteiger partial charge in [-0.15, -0.1) is 0 Å². The summed E-state index contributed by atoms with van der Waals surface area (Å²) in [5, 5.41) is 0. The maximum absolute atomic E-state index is 13.3. The van der Waals surface area contributed by atoms with Gasteiger partial charge >= 0.3 is 0 Å². The number of benzene rings is 2. The highest BCUT2D eigenvalue weighted by atomic mass is 32.2. The van der Waals surface area contributed by atoms with E-state index in [-0.39, 0.29) is 22.5 Å². The second kappa shape index (κ2) is 8.89. The number of likely N-dealkylation sites (tertiary alicyclic amines) is 1. The number of para-hydroxylation sites is 1. The van der Waals surface area contributed by atoms with Crippen LogP contribution < -0.4 is 14.2 Å². The Bertz CT molecular complexity index is 1210. The molecule has 0 radical (unpaired) electrons. The molecular weight excluding hydrogens is 452 g/mol. The zero-order valence-electron chi connectivity index (χ0n) is 19.8. The molecule has 1 atom stereocenters. The van der Waals surface area contributed by atoms with Crippen LogP contribution in [0.2, 0.25) is 0 Å². The van der Waals surface area contributed by atoms with Crippen molar-refractivity contribution in [2.45, 2.75) is 61.4 Å². The monoisotopic (exact) mass is 484 g/mol. The molecular formula is C26H32N2O5S. The van der Waals surface area contributed by atoms with Gasteiger partial charge in [-0.1, -0.05) is 18.6 Å². The Morgan fingerprint density at radius 1 is 1.06 bits per heavy atom. The zero-order chi connectivity index (χ0) is 23.9. The minimum Gasteiger partial charge on any atom is -0.495 e. The minimum atomic E-state index is -3.90. The second-order valence-corrected chi connectivity index (χ2v) is 11.4. The molecule has 1 unspecified atom stereocenters. The quantitative estimate of drug-likeness (QED) is 0.669. The molecule has 2 fully saturated rings. The van der Waals surface area contributed by atoms with Gasteiger partial charge in [0.25, 0.3) is 10.0 Å². The van der Waals surface area contributed by atoms with E-state index < -0.39 is 15.4 Å². The number of Topliss-reactive ketones (excluding diaryl/α,β-unsaturated/α-hetero) is 1. The summed E-state index contributed by atoms with van der Waals surface area (Å²) in [6.45, 7) is 1.99. The molecule has 2 aromatic rings. The molecule has 8 heteroatoms. The highest BCUT2D eigenvalue weighted by Crippen LogP contribution is 2.53. The van der Waals surface area contributed by atoms with E-state index in [1.165, 1.54) is 13.2 Å². The number of rotatable bonds is 6. The van der Waals surface area contributed by atoms with Crippen LogP contribution in [-0.2, 0) is 26.7 Å². The lowest BCUT2D eigenvalue weighted by Crippen LogP contribution is -2.39. The second-order valence-electron chi connectivity index (χ2n) is 9.77. The van der Waals surface area contributed by atoms with Crippen LogP contribution in [0.15, 0.2) is 41.3 Å². The Labute approximate surface area is 201 Å². The van der Waals surface area contributed by atoms with E-state index in [4.69, 9.17) is 9.47 Å². The van der Waals surface area contributed by atoms with Crippen molar-refractivity contribution >= 4 is 21.5 Å². The lowest BCUT2D eigenvalue weighted by Gasteiger charge is -2.38. The molecule has 1 heterocycles. The number of ketones is 1. The Hall–Kier alpha value is -2.58. The summed E-state index contributed by atoms with van der Waals surface area (Å²) in [4.78, 5) is 15.4. The minimum absolute atomic E-state index is 0.0446. The third-order valence-corrected chi connectivity index (χ3v) is 9.03. The number of nitrogens with one attached hydrogen (secondary N) is 1. The first-order valence-electron chi connectivity index (χ1n) is 12.0. The topological polar surface area (TPSA) is 84.9 Å². The van der Waals surface area contributed by atoms with Crippen LogP contribution in [0.25, 0.3) is 0 Å². The molecule has 1 spiro atoms. The van der Waals surface area contributed by atoms with Crippen LogP contribution >= 0.6 is 0 Å². The predicted molar refractivity (Wildman–Crippen MR) is 130 cm³/mol. The van der Waals surface area contributed by atoms with Crippen LogP contribution in [0.1, 0.15) is 49.7 Å². The third-order valence-electron chi connectivity index (χ3n) is 7.61. The molecule has 2 aromatic carbocycles. The predicted octanol–water partition coefficient (Wildman–Crippen LogP) is 3.91. The standard InChI is InChI=1S/C26H32N2O5S/c1-28-13-5-7-19(10-14-28)33-23-16-18(15-21-20(23)17-25(29)26(21)11-6-12-26)27-34(30,31)24-9-4-3-8-22(24)32-2/h3-4,8-9,15-16,19,27H,5-7,10-14,17H2,1-2H3. The molecule has 1 aliphatic heterocycles. The van der Waals surface area contributed by atoms with Crippen molar-refractivity contribution in [1.82, 2.24) is 4.90 Å². The van der Waals surface area contributed by atoms with Crippen LogP contribution in [-0.4, -0.2) is 52.5 Å². The number of methoxy groups -OCH3 is 1. The number of hydrogen-bond donors (Lipinski definition) is 1. The molecule has 0 aromatic heterocycles. The summed E-state index contributed by atoms with van der Waals surface area (Å²) < 4.78 is 41.0. The van der Waals surface area contributed by atoms with E-state index in [2.05, 4.69) is 16.7 Å². The molecule has 0 amide bonds. The molecule has 1 N–H and O–H groups in total. The van der Waals surface area contributed by atoms with Gasteiger partial charge in [-0.2, -0.15) is 0 Å². The van der Waals surface area contributed by atoms with E-state index >= 15 is 0 Å². The van der Waals surface area contributed by atoms with Crippen molar-refractivity contribution in [1.29, 1.82) is 0 Å². The Morgan fingerprint density at radius 2 is 1.85 bits per heavy atom. The van der Waals surface area contributed by atoms with Gasteiger partial charge < -0.3 is 14.4 Å². The molecule has 3 aliphatic rings. The molecule has 5 rings (SSSR count). The maximum atomic E-state index is 13.3. The molecule has 34 heavy (non-hydrogen) atoms. The first-order chi connectivity index (χ1) is 16.3. The number of anilines is 1. The fourth-order valence-electron chi connectivity index (χ4n) is 5.53. The first-order valence-corrected chi connectivity index (χ1v) is 13.5. The van der Waals surface area contributed by atoms with Crippen molar-refractivity contribution in [3.63, 3.8) is 0 Å². The van der Waals surface area contributed by atoms with Crippen molar-refractivity contribution in [3.05, 3.63) is 47.5 Å². The van der Waals surface area contributed by atoms with Crippen LogP contribution in [0, 0.1) is 0 Å². The van der Waals surface area contributed by atoms with Gasteiger partial charge in [-0.05, 0) is 69.5 Å². The molecule has 1 saturated heterocycles. The molecule has 182 valence electrons. The summed E-state index contributed by atoms with van der Waals surface area (Å²) in [6, 6.07) is 10.1. The van der Waals surface area contributed by atoms with Gasteiger partial charge in [-0.25, -0.2) is 8.42 Å². The fourth-order valence-corrected chi connectivity index (χ4v) is 6.75. The first kappa shape index (κ1) is 23.2. The number of carbonyl (C=O) groups excluding carboxylic acids is 1. The van der Waals surface area contributed by atoms with Gasteiger partial charge in [0.2, 0.25) is 0 Å². The van der Waals surface area contributed by atoms with Crippen LogP contribution in [0.4, 0.5) is 5.69 Å². The average molecular weight is 485 g/mol. The molecule has 1 saturated carbocycles. The number of carbonyl (C=O) groups is 1. The van der Waals surface area contributed by atoms with Gasteiger partial charge in [0, 0.05) is 24.6 Å². The summed E-state index contributed by atoms with van der Waals surface area (Å²) in [5.74, 6) is 1.15. The lowest BCUT2D eigenvalue weighted by molar-refractivity contribution is -0.125. The highest BCUT2D eigenvalue weighted by molar-refractivity contribution is 7.92. The van der Waals surface area contributed by atoms with Crippen molar-refractivity contribution in [2.75, 3.05) is 32.0 Å². The maximum Gasteiger partial charge on any atom is 0.265 e. The average Bonchev–Trinajstić information content (AvgIpc) is 2.94. The Balaban J connectivity index is 1.52. The van der Waals surface area contributed by atoms with E-state index in [9.17, 15) is 13.2 Å². The van der Waals surface area contributed by atoms with Crippen molar-refractivity contribution < 1.29 is 22.7 Å². The van der Waals surface area contributed by atoms with Crippen molar-refractivity contribution in [3.8, 4) is 11.5 Å². The van der Waals surface area contributed by atoms with Gasteiger partial charge in [0.05, 0.1) is 24.3 Å². The van der Waals surface area contributed by atoms with E-state index in [0.717, 1.165) is 62.7 Å². The van der Waals surface area contributed by atoms with Crippen LogP contribution in [0.5, 0.6) is 11.5 Å². The zero-order valence-corrected chi connectivity index (χ0v) is 20.6. The molecule has 7 nitrogen and oxygen atoms in total. The molecule has 0 bridgehead atoms. The number of hydrogen-bond acceptors (Lipinski definition) is 6. The van der Waals surface area contributed by atoms with Gasteiger partial charge in [0.15, 0.2) is 0 Å². The molecule has 2 aliphatic carbocycles. The highest BCUT2D eigenvalue weighted by Gasteiger charge is 2.51. The van der Waals surface area contributed by atoms with Crippen LogP contribution in [0.3, 0.4) is 0 Å². The van der Waals surface area contributed by atoms with E-state index in [1.54, 1.807) is 24.3 Å². The Morgan fingerprint density at radius 3 is 2.59 bits per heavy atom. The fraction of sp³-hybridized carbons (Fsp3) is 0.500. The van der Waals surface area contributed by atoms with E-state index in [0.29, 0.717) is 17.9 Å². The third kappa shape index (κ3) is 4.07. The van der Waals surface area contributed by atoms with Gasteiger partial charge in [0.1, 0.15) is 22.2 Å². The number of sulfonamides is 1. The smallest absolute Gasteiger partial charge is 0.265 e. The lowest BCUT2D eigenvalue weighted by atomic mass is 9.64. The number of ether oxygens (including phenoxy) is 2. The normalized spacial score (nSPS) is 22.1. The summed E-state index contributed by atoms with van der Waals surface area (Å²) in [7, 11) is -0.330. The summed E-state index contributed by atoms with van der Waals surface area (Å²) >= 11 is 0.